The maximum absolute atomic E-state index is 13.5. The van der Waals surface area contributed by atoms with E-state index in [0.29, 0.717) is 17.7 Å². The van der Waals surface area contributed by atoms with Gasteiger partial charge in [0.2, 0.25) is 0 Å². The summed E-state index contributed by atoms with van der Waals surface area (Å²) in [4.78, 5) is 0. The van der Waals surface area contributed by atoms with Crippen LogP contribution in [0.5, 0.6) is 11.5 Å². The first-order chi connectivity index (χ1) is 6.24. The molecule has 0 heterocycles. The number of aryl methyl sites for hydroxylation is 1. The Hall–Kier alpha value is -1.25. The van der Waals surface area contributed by atoms with Crippen LogP contribution in [0.4, 0.5) is 4.39 Å². The molecule has 0 unspecified atom stereocenters. The minimum Gasteiger partial charge on any atom is -0.493 e. The highest BCUT2D eigenvalue weighted by Gasteiger charge is 2.12. The number of hydrogen-bond acceptors (Lipinski definition) is 2. The molecule has 0 fully saturated rings. The Kier molecular flexibility index (Phi) is 3.12. The van der Waals surface area contributed by atoms with E-state index in [4.69, 9.17) is 9.47 Å². The molecule has 1 aromatic carbocycles. The summed E-state index contributed by atoms with van der Waals surface area (Å²) in [6.45, 7) is 1.89. The highest BCUT2D eigenvalue weighted by molar-refractivity contribution is 5.44. The zero-order valence-corrected chi connectivity index (χ0v) is 8.06. The lowest BCUT2D eigenvalue weighted by Gasteiger charge is -2.10. The van der Waals surface area contributed by atoms with Gasteiger partial charge >= 0.3 is 0 Å². The summed E-state index contributed by atoms with van der Waals surface area (Å²) in [5.41, 5.74) is 0.637. The molecule has 1 aromatic rings. The predicted octanol–water partition coefficient (Wildman–Crippen LogP) is 2.41. The second-order valence-corrected chi connectivity index (χ2v) is 2.63. The molecule has 0 aliphatic heterocycles. The summed E-state index contributed by atoms with van der Waals surface area (Å²) in [5.74, 6) is 0.281. The Morgan fingerprint density at radius 1 is 1.23 bits per heavy atom. The molecule has 1 rings (SSSR count). The van der Waals surface area contributed by atoms with Crippen LogP contribution in [0.2, 0.25) is 0 Å². The van der Waals surface area contributed by atoms with Crippen molar-refractivity contribution in [1.82, 2.24) is 0 Å². The van der Waals surface area contributed by atoms with Crippen molar-refractivity contribution in [3.63, 3.8) is 0 Å². The molecule has 0 saturated heterocycles. The molecule has 0 spiro atoms. The van der Waals surface area contributed by atoms with E-state index in [-0.39, 0.29) is 11.6 Å². The van der Waals surface area contributed by atoms with Gasteiger partial charge in [-0.15, -0.1) is 0 Å². The SMILES string of the molecule is CCc1ccc(OC)c(OC)c1F. The lowest BCUT2D eigenvalue weighted by Crippen LogP contribution is -1.97. The van der Waals surface area contributed by atoms with Crippen molar-refractivity contribution in [1.29, 1.82) is 0 Å². The summed E-state index contributed by atoms with van der Waals surface area (Å²) < 4.78 is 23.4. The molecular weight excluding hydrogens is 171 g/mol. The summed E-state index contributed by atoms with van der Waals surface area (Å²) in [5, 5.41) is 0. The highest BCUT2D eigenvalue weighted by Crippen LogP contribution is 2.31. The van der Waals surface area contributed by atoms with Gasteiger partial charge in [-0.25, -0.2) is 4.39 Å². The largest absolute Gasteiger partial charge is 0.493 e. The van der Waals surface area contributed by atoms with Gasteiger partial charge in [0.25, 0.3) is 0 Å². The molecule has 0 N–H and O–H groups in total. The number of hydrogen-bond donors (Lipinski definition) is 0. The van der Waals surface area contributed by atoms with Crippen LogP contribution in [0, 0.1) is 5.82 Å². The lowest BCUT2D eigenvalue weighted by atomic mass is 10.1. The van der Waals surface area contributed by atoms with Gasteiger partial charge in [-0.2, -0.15) is 0 Å². The zero-order chi connectivity index (χ0) is 9.84. The van der Waals surface area contributed by atoms with Gasteiger partial charge in [0.15, 0.2) is 17.3 Å². The van der Waals surface area contributed by atoms with Gasteiger partial charge in [0.05, 0.1) is 14.2 Å². The molecular formula is C10H13FO2. The number of benzene rings is 1. The maximum atomic E-state index is 13.5. The first-order valence-corrected chi connectivity index (χ1v) is 4.14. The zero-order valence-electron chi connectivity index (χ0n) is 8.06. The number of ether oxygens (including phenoxy) is 2. The quantitative estimate of drug-likeness (QED) is 0.718. The van der Waals surface area contributed by atoms with Crippen molar-refractivity contribution in [2.45, 2.75) is 13.3 Å². The van der Waals surface area contributed by atoms with Crippen LogP contribution < -0.4 is 9.47 Å². The van der Waals surface area contributed by atoms with Crippen molar-refractivity contribution >= 4 is 0 Å². The molecule has 0 atom stereocenters. The third-order valence-electron chi connectivity index (χ3n) is 1.95. The third-order valence-corrected chi connectivity index (χ3v) is 1.95. The highest BCUT2D eigenvalue weighted by atomic mass is 19.1. The van der Waals surface area contributed by atoms with Crippen LogP contribution in [0.1, 0.15) is 12.5 Å². The van der Waals surface area contributed by atoms with E-state index in [1.807, 2.05) is 6.92 Å². The van der Waals surface area contributed by atoms with E-state index in [0.717, 1.165) is 0 Å². The van der Waals surface area contributed by atoms with Gasteiger partial charge in [0, 0.05) is 0 Å². The van der Waals surface area contributed by atoms with E-state index in [1.54, 1.807) is 12.1 Å². The minimum absolute atomic E-state index is 0.182. The molecule has 0 aliphatic carbocycles. The van der Waals surface area contributed by atoms with Gasteiger partial charge in [-0.3, -0.25) is 0 Å². The second kappa shape index (κ2) is 4.12. The standard InChI is InChI=1S/C10H13FO2/c1-4-7-5-6-8(12-2)10(13-3)9(7)11/h5-6H,4H2,1-3H3. The average molecular weight is 184 g/mol. The van der Waals surface area contributed by atoms with E-state index in [1.165, 1.54) is 14.2 Å². The molecule has 72 valence electrons. The van der Waals surface area contributed by atoms with Crippen molar-refractivity contribution in [3.8, 4) is 11.5 Å². The van der Waals surface area contributed by atoms with Gasteiger partial charge in [-0.1, -0.05) is 13.0 Å². The van der Waals surface area contributed by atoms with Crippen molar-refractivity contribution in [3.05, 3.63) is 23.5 Å². The van der Waals surface area contributed by atoms with Crippen LogP contribution in [0.15, 0.2) is 12.1 Å². The lowest BCUT2D eigenvalue weighted by molar-refractivity contribution is 0.336. The summed E-state index contributed by atoms with van der Waals surface area (Å²) in [6, 6.07) is 3.41. The molecule has 0 radical (unpaired) electrons. The topological polar surface area (TPSA) is 18.5 Å². The van der Waals surface area contributed by atoms with Crippen LogP contribution in [0.3, 0.4) is 0 Å². The Bertz CT molecular complexity index is 297. The molecule has 13 heavy (non-hydrogen) atoms. The van der Waals surface area contributed by atoms with Crippen molar-refractivity contribution in [2.75, 3.05) is 14.2 Å². The molecule has 0 aliphatic rings. The van der Waals surface area contributed by atoms with E-state index in [2.05, 4.69) is 0 Å². The Morgan fingerprint density at radius 3 is 2.38 bits per heavy atom. The fraction of sp³-hybridized carbons (Fsp3) is 0.400. The molecule has 0 amide bonds. The first kappa shape index (κ1) is 9.84. The molecule has 0 aromatic heterocycles. The van der Waals surface area contributed by atoms with Crippen molar-refractivity contribution in [2.24, 2.45) is 0 Å². The van der Waals surface area contributed by atoms with E-state index >= 15 is 0 Å². The second-order valence-electron chi connectivity index (χ2n) is 2.63. The Morgan fingerprint density at radius 2 is 1.92 bits per heavy atom. The van der Waals surface area contributed by atoms with Crippen LogP contribution in [0.25, 0.3) is 0 Å². The summed E-state index contributed by atoms with van der Waals surface area (Å²) >= 11 is 0. The molecule has 2 nitrogen and oxygen atoms in total. The molecule has 0 saturated carbocycles. The monoisotopic (exact) mass is 184 g/mol. The third kappa shape index (κ3) is 1.74. The number of halogens is 1. The van der Waals surface area contributed by atoms with Crippen LogP contribution in [-0.4, -0.2) is 14.2 Å². The average Bonchev–Trinajstić information content (AvgIpc) is 2.17. The van der Waals surface area contributed by atoms with Crippen molar-refractivity contribution < 1.29 is 13.9 Å². The minimum atomic E-state index is -0.329. The van der Waals surface area contributed by atoms with Gasteiger partial charge in [0.1, 0.15) is 0 Å². The normalized spacial score (nSPS) is 9.85. The van der Waals surface area contributed by atoms with E-state index < -0.39 is 0 Å². The van der Waals surface area contributed by atoms with Gasteiger partial charge < -0.3 is 9.47 Å². The predicted molar refractivity (Wildman–Crippen MR) is 48.9 cm³/mol. The first-order valence-electron chi connectivity index (χ1n) is 4.14. The Balaban J connectivity index is 3.23. The summed E-state index contributed by atoms with van der Waals surface area (Å²) in [7, 11) is 2.92. The molecule has 3 heteroatoms. The fourth-order valence-corrected chi connectivity index (χ4v) is 1.20. The van der Waals surface area contributed by atoms with Crippen LogP contribution in [-0.2, 0) is 6.42 Å². The smallest absolute Gasteiger partial charge is 0.197 e. The van der Waals surface area contributed by atoms with Gasteiger partial charge in [-0.05, 0) is 18.1 Å². The fourth-order valence-electron chi connectivity index (χ4n) is 1.20. The van der Waals surface area contributed by atoms with E-state index in [9.17, 15) is 4.39 Å². The number of methoxy groups -OCH3 is 2. The summed E-state index contributed by atoms with van der Waals surface area (Å²) in [6.07, 6.45) is 0.645. The maximum Gasteiger partial charge on any atom is 0.197 e. The Labute approximate surface area is 77.3 Å². The number of rotatable bonds is 3. The molecule has 0 bridgehead atoms. The van der Waals surface area contributed by atoms with Crippen LogP contribution >= 0.6 is 0 Å².